The van der Waals surface area contributed by atoms with E-state index in [0.717, 1.165) is 43.0 Å². The maximum Gasteiger partial charge on any atom is 0.321 e. The fourth-order valence-electron chi connectivity index (χ4n) is 2.49. The highest BCUT2D eigenvalue weighted by atomic mass is 32.2. The Balaban J connectivity index is 1.76. The molecule has 1 N–H and O–H groups in total. The van der Waals surface area contributed by atoms with Gasteiger partial charge in [-0.15, -0.1) is 11.8 Å². The predicted molar refractivity (Wildman–Crippen MR) is 88.1 cm³/mol. The van der Waals surface area contributed by atoms with Gasteiger partial charge >= 0.3 is 6.03 Å². The van der Waals surface area contributed by atoms with Crippen LogP contribution in [0.2, 0.25) is 0 Å². The number of carbonyl (C=O) groups is 1. The highest BCUT2D eigenvalue weighted by molar-refractivity contribution is 7.98. The zero-order valence-electron chi connectivity index (χ0n) is 12.8. The molecule has 0 aromatic heterocycles. The predicted octanol–water partition coefficient (Wildman–Crippen LogP) is 3.83. The molecular formula is C16H24N2O2S. The van der Waals surface area contributed by atoms with Gasteiger partial charge in [0, 0.05) is 25.1 Å². The lowest BCUT2D eigenvalue weighted by Crippen LogP contribution is -2.32. The van der Waals surface area contributed by atoms with Crippen molar-refractivity contribution in [1.29, 1.82) is 0 Å². The van der Waals surface area contributed by atoms with Gasteiger partial charge in [0.25, 0.3) is 0 Å². The van der Waals surface area contributed by atoms with Crippen LogP contribution >= 0.6 is 11.8 Å². The molecule has 1 saturated heterocycles. The average molecular weight is 308 g/mol. The normalized spacial score (nSPS) is 17.7. The van der Waals surface area contributed by atoms with E-state index in [4.69, 9.17) is 4.74 Å². The van der Waals surface area contributed by atoms with Crippen molar-refractivity contribution >= 4 is 23.5 Å². The molecule has 5 heteroatoms. The average Bonchev–Trinajstić information content (AvgIpc) is 3.01. The first-order chi connectivity index (χ1) is 10.2. The molecule has 1 heterocycles. The smallest absolute Gasteiger partial charge is 0.321 e. The topological polar surface area (TPSA) is 41.6 Å². The molecule has 0 saturated carbocycles. The summed E-state index contributed by atoms with van der Waals surface area (Å²) in [5.74, 6) is 0. The van der Waals surface area contributed by atoms with Gasteiger partial charge in [0.1, 0.15) is 0 Å². The molecule has 0 bridgehead atoms. The van der Waals surface area contributed by atoms with E-state index in [1.165, 1.54) is 6.42 Å². The van der Waals surface area contributed by atoms with E-state index in [-0.39, 0.29) is 6.03 Å². The quantitative estimate of drug-likeness (QED) is 0.812. The van der Waals surface area contributed by atoms with Gasteiger partial charge < -0.3 is 15.0 Å². The van der Waals surface area contributed by atoms with Crippen LogP contribution in [0, 0.1) is 0 Å². The van der Waals surface area contributed by atoms with Gasteiger partial charge in [-0.3, -0.25) is 0 Å². The molecule has 2 rings (SSSR count). The van der Waals surface area contributed by atoms with Crippen LogP contribution in [0.3, 0.4) is 0 Å². The Kier molecular flexibility index (Phi) is 6.39. The van der Waals surface area contributed by atoms with Crippen molar-refractivity contribution in [3.05, 3.63) is 24.3 Å². The van der Waals surface area contributed by atoms with Crippen LogP contribution in [0.1, 0.15) is 25.7 Å². The van der Waals surface area contributed by atoms with E-state index < -0.39 is 0 Å². The standard InChI is InChI=1S/C16H24N2O2S/c1-18(11-5-7-13-8-6-12-20-13)16(19)17-14-9-3-4-10-15(14)21-2/h3-4,9-10,13H,5-8,11-12H2,1-2H3,(H,17,19). The Bertz CT molecular complexity index is 461. The van der Waals surface area contributed by atoms with E-state index in [1.54, 1.807) is 16.7 Å². The lowest BCUT2D eigenvalue weighted by molar-refractivity contribution is 0.101. The molecule has 0 radical (unpaired) electrons. The molecule has 0 aliphatic carbocycles. The first kappa shape index (κ1) is 16.2. The summed E-state index contributed by atoms with van der Waals surface area (Å²) < 4.78 is 5.60. The molecule has 21 heavy (non-hydrogen) atoms. The van der Waals surface area contributed by atoms with Crippen LogP contribution in [0.15, 0.2) is 29.2 Å². The number of thioether (sulfide) groups is 1. The number of nitrogens with zero attached hydrogens (tertiary/aromatic N) is 1. The number of para-hydroxylation sites is 1. The van der Waals surface area contributed by atoms with Crippen LogP contribution in [0.25, 0.3) is 0 Å². The highest BCUT2D eigenvalue weighted by Gasteiger charge is 2.16. The molecule has 4 nitrogen and oxygen atoms in total. The van der Waals surface area contributed by atoms with Crippen molar-refractivity contribution < 1.29 is 9.53 Å². The van der Waals surface area contributed by atoms with Crippen LogP contribution in [0.4, 0.5) is 10.5 Å². The summed E-state index contributed by atoms with van der Waals surface area (Å²) in [6.45, 7) is 1.65. The summed E-state index contributed by atoms with van der Waals surface area (Å²) in [7, 11) is 1.84. The second-order valence-electron chi connectivity index (χ2n) is 5.33. The van der Waals surface area contributed by atoms with Crippen LogP contribution in [-0.4, -0.2) is 43.5 Å². The summed E-state index contributed by atoms with van der Waals surface area (Å²) in [5, 5.41) is 2.97. The zero-order valence-corrected chi connectivity index (χ0v) is 13.6. The van der Waals surface area contributed by atoms with E-state index in [2.05, 4.69) is 5.32 Å². The molecule has 1 aromatic carbocycles. The van der Waals surface area contributed by atoms with Gasteiger partial charge in [-0.25, -0.2) is 4.79 Å². The number of rotatable bonds is 6. The maximum absolute atomic E-state index is 12.2. The molecule has 116 valence electrons. The molecule has 1 unspecified atom stereocenters. The minimum atomic E-state index is -0.0520. The van der Waals surface area contributed by atoms with Crippen molar-refractivity contribution in [2.24, 2.45) is 0 Å². The number of hydrogen-bond donors (Lipinski definition) is 1. The largest absolute Gasteiger partial charge is 0.378 e. The van der Waals surface area contributed by atoms with Gasteiger partial charge in [0.15, 0.2) is 0 Å². The fourth-order valence-corrected chi connectivity index (χ4v) is 3.04. The van der Waals surface area contributed by atoms with Gasteiger partial charge in [-0.05, 0) is 44.1 Å². The van der Waals surface area contributed by atoms with Crippen molar-refractivity contribution in [2.45, 2.75) is 36.7 Å². The number of benzene rings is 1. The number of urea groups is 1. The minimum absolute atomic E-state index is 0.0520. The Morgan fingerprint density at radius 1 is 1.48 bits per heavy atom. The number of ether oxygens (including phenoxy) is 1. The Hall–Kier alpha value is -1.20. The summed E-state index contributed by atoms with van der Waals surface area (Å²) >= 11 is 1.63. The molecule has 0 spiro atoms. The van der Waals surface area contributed by atoms with Crippen molar-refractivity contribution in [3.8, 4) is 0 Å². The molecule has 1 aliphatic rings. The zero-order chi connectivity index (χ0) is 15.1. The maximum atomic E-state index is 12.2. The van der Waals surface area contributed by atoms with Gasteiger partial charge in [-0.2, -0.15) is 0 Å². The van der Waals surface area contributed by atoms with Crippen LogP contribution < -0.4 is 5.32 Å². The summed E-state index contributed by atoms with van der Waals surface area (Å²) in [4.78, 5) is 15.0. The molecule has 1 atom stereocenters. The summed E-state index contributed by atoms with van der Waals surface area (Å²) in [5.41, 5.74) is 0.876. The van der Waals surface area contributed by atoms with Crippen LogP contribution in [0.5, 0.6) is 0 Å². The number of carbonyl (C=O) groups excluding carboxylic acids is 1. The molecule has 1 aliphatic heterocycles. The summed E-state index contributed by atoms with van der Waals surface area (Å²) in [6.07, 6.45) is 6.77. The highest BCUT2D eigenvalue weighted by Crippen LogP contribution is 2.24. The Morgan fingerprint density at radius 3 is 3.00 bits per heavy atom. The van der Waals surface area contributed by atoms with E-state index >= 15 is 0 Å². The third kappa shape index (κ3) is 4.93. The number of anilines is 1. The lowest BCUT2D eigenvalue weighted by atomic mass is 10.1. The number of nitrogens with one attached hydrogen (secondary N) is 1. The van der Waals surface area contributed by atoms with Gasteiger partial charge in [0.2, 0.25) is 0 Å². The van der Waals surface area contributed by atoms with Crippen molar-refractivity contribution in [2.75, 3.05) is 31.8 Å². The molecule has 2 amide bonds. The SMILES string of the molecule is CSc1ccccc1NC(=O)N(C)CCCC1CCCO1. The first-order valence-electron chi connectivity index (χ1n) is 7.47. The number of hydrogen-bond acceptors (Lipinski definition) is 3. The second-order valence-corrected chi connectivity index (χ2v) is 6.18. The monoisotopic (exact) mass is 308 g/mol. The van der Waals surface area contributed by atoms with E-state index in [9.17, 15) is 4.79 Å². The summed E-state index contributed by atoms with van der Waals surface area (Å²) in [6, 6.07) is 7.81. The second kappa shape index (κ2) is 8.29. The fraction of sp³-hybridized carbons (Fsp3) is 0.562. The lowest BCUT2D eigenvalue weighted by Gasteiger charge is -2.19. The van der Waals surface area contributed by atoms with Gasteiger partial charge in [-0.1, -0.05) is 12.1 Å². The third-order valence-corrected chi connectivity index (χ3v) is 4.53. The van der Waals surface area contributed by atoms with Crippen LogP contribution in [-0.2, 0) is 4.74 Å². The van der Waals surface area contributed by atoms with E-state index in [1.807, 2.05) is 37.6 Å². The van der Waals surface area contributed by atoms with Crippen molar-refractivity contribution in [3.63, 3.8) is 0 Å². The van der Waals surface area contributed by atoms with Crippen molar-refractivity contribution in [1.82, 2.24) is 4.90 Å². The third-order valence-electron chi connectivity index (χ3n) is 3.74. The minimum Gasteiger partial charge on any atom is -0.378 e. The Morgan fingerprint density at radius 2 is 2.29 bits per heavy atom. The molecule has 1 aromatic rings. The van der Waals surface area contributed by atoms with E-state index in [0.29, 0.717) is 6.10 Å². The molecule has 1 fully saturated rings. The number of amides is 2. The van der Waals surface area contributed by atoms with Gasteiger partial charge in [0.05, 0.1) is 11.8 Å². The Labute approximate surface area is 131 Å². The first-order valence-corrected chi connectivity index (χ1v) is 8.70. The molecular weight excluding hydrogens is 284 g/mol.